The van der Waals surface area contributed by atoms with Crippen LogP contribution in [0.5, 0.6) is 0 Å². The summed E-state index contributed by atoms with van der Waals surface area (Å²) in [5.41, 5.74) is -0.345. The van der Waals surface area contributed by atoms with Gasteiger partial charge >= 0.3 is 0 Å². The number of nitrogens with zero attached hydrogens (tertiary/aromatic N) is 1. The SMILES string of the molecule is COCC1(C(=O)NCCCN2CC(C)OC(C)C2)CCNCC1.Cl.Cl. The molecular weight excluding hydrogens is 365 g/mol. The molecule has 2 unspecified atom stereocenters. The maximum Gasteiger partial charge on any atom is 0.228 e. The van der Waals surface area contributed by atoms with Crippen molar-refractivity contribution in [2.24, 2.45) is 5.41 Å². The van der Waals surface area contributed by atoms with Gasteiger partial charge in [-0.1, -0.05) is 0 Å². The molecule has 2 aliphatic rings. The van der Waals surface area contributed by atoms with Gasteiger partial charge in [-0.25, -0.2) is 0 Å². The molecule has 0 aromatic heterocycles. The van der Waals surface area contributed by atoms with Crippen LogP contribution in [-0.2, 0) is 14.3 Å². The summed E-state index contributed by atoms with van der Waals surface area (Å²) in [6, 6.07) is 0. The van der Waals surface area contributed by atoms with E-state index in [0.717, 1.165) is 58.5 Å². The first-order valence-electron chi connectivity index (χ1n) is 8.91. The predicted molar refractivity (Wildman–Crippen MR) is 105 cm³/mol. The normalized spacial score (nSPS) is 26.2. The van der Waals surface area contributed by atoms with Crippen LogP contribution in [0.25, 0.3) is 0 Å². The van der Waals surface area contributed by atoms with Crippen LogP contribution in [-0.4, -0.2) is 76.0 Å². The lowest BCUT2D eigenvalue weighted by molar-refractivity contribution is -0.136. The fourth-order valence-corrected chi connectivity index (χ4v) is 3.78. The Hall–Kier alpha value is -0.110. The molecule has 2 fully saturated rings. The van der Waals surface area contributed by atoms with Crippen LogP contribution in [0.2, 0.25) is 0 Å². The molecule has 2 atom stereocenters. The Balaban J connectivity index is 0.00000288. The molecule has 0 aliphatic carbocycles. The molecule has 150 valence electrons. The standard InChI is InChI=1S/C17H33N3O3.2ClH/c1-14-11-20(12-15(2)23-14)10-4-7-19-16(21)17(13-22-3)5-8-18-9-6-17;;/h14-15,18H,4-13H2,1-3H3,(H,19,21);2*1H. The van der Waals surface area contributed by atoms with Crippen molar-refractivity contribution >= 4 is 30.7 Å². The van der Waals surface area contributed by atoms with Crippen LogP contribution in [0.3, 0.4) is 0 Å². The quantitative estimate of drug-likeness (QED) is 0.634. The van der Waals surface area contributed by atoms with Crippen molar-refractivity contribution in [2.45, 2.75) is 45.3 Å². The summed E-state index contributed by atoms with van der Waals surface area (Å²) in [6.07, 6.45) is 3.28. The van der Waals surface area contributed by atoms with E-state index in [4.69, 9.17) is 9.47 Å². The lowest BCUT2D eigenvalue weighted by atomic mass is 9.78. The Bertz CT molecular complexity index is 367. The first-order chi connectivity index (χ1) is 11.1. The van der Waals surface area contributed by atoms with Crippen LogP contribution < -0.4 is 10.6 Å². The van der Waals surface area contributed by atoms with Crippen molar-refractivity contribution in [1.82, 2.24) is 15.5 Å². The van der Waals surface area contributed by atoms with Gasteiger partial charge in [0.05, 0.1) is 24.2 Å². The minimum atomic E-state index is -0.345. The molecule has 0 spiro atoms. The summed E-state index contributed by atoms with van der Waals surface area (Å²) in [5, 5.41) is 6.45. The zero-order valence-electron chi connectivity index (χ0n) is 15.7. The van der Waals surface area contributed by atoms with Crippen molar-refractivity contribution in [3.8, 4) is 0 Å². The zero-order chi connectivity index (χ0) is 16.7. The summed E-state index contributed by atoms with van der Waals surface area (Å²) in [4.78, 5) is 15.0. The highest BCUT2D eigenvalue weighted by atomic mass is 35.5. The third-order valence-electron chi connectivity index (χ3n) is 4.89. The van der Waals surface area contributed by atoms with Crippen LogP contribution in [0.1, 0.15) is 33.1 Å². The summed E-state index contributed by atoms with van der Waals surface area (Å²) in [5.74, 6) is 0.157. The maximum atomic E-state index is 12.6. The van der Waals surface area contributed by atoms with E-state index in [1.54, 1.807) is 7.11 Å². The minimum absolute atomic E-state index is 0. The van der Waals surface area contributed by atoms with E-state index in [0.29, 0.717) is 18.8 Å². The first-order valence-corrected chi connectivity index (χ1v) is 8.91. The van der Waals surface area contributed by atoms with Crippen LogP contribution >= 0.6 is 24.8 Å². The number of rotatable bonds is 7. The molecule has 6 nitrogen and oxygen atoms in total. The monoisotopic (exact) mass is 399 g/mol. The molecular formula is C17H35Cl2N3O3. The lowest BCUT2D eigenvalue weighted by Gasteiger charge is -2.36. The van der Waals surface area contributed by atoms with Gasteiger partial charge in [0.1, 0.15) is 0 Å². The molecule has 0 radical (unpaired) electrons. The second-order valence-electron chi connectivity index (χ2n) is 7.09. The molecule has 2 N–H and O–H groups in total. The van der Waals surface area contributed by atoms with Crippen molar-refractivity contribution in [3.63, 3.8) is 0 Å². The van der Waals surface area contributed by atoms with E-state index in [-0.39, 0.29) is 36.1 Å². The Morgan fingerprint density at radius 3 is 2.40 bits per heavy atom. The number of ether oxygens (including phenoxy) is 2. The number of piperidine rings is 1. The van der Waals surface area contributed by atoms with E-state index >= 15 is 0 Å². The van der Waals surface area contributed by atoms with Crippen molar-refractivity contribution in [1.29, 1.82) is 0 Å². The van der Waals surface area contributed by atoms with Gasteiger partial charge in [-0.15, -0.1) is 24.8 Å². The first kappa shape index (κ1) is 24.9. The number of morpholine rings is 1. The van der Waals surface area contributed by atoms with Gasteiger partial charge in [-0.2, -0.15) is 0 Å². The average Bonchev–Trinajstić information content (AvgIpc) is 2.51. The summed E-state index contributed by atoms with van der Waals surface area (Å²) in [7, 11) is 1.68. The number of carbonyl (C=O) groups excluding carboxylic acids is 1. The lowest BCUT2D eigenvalue weighted by Crippen LogP contribution is -2.50. The van der Waals surface area contributed by atoms with Gasteiger partial charge in [0.2, 0.25) is 5.91 Å². The second-order valence-corrected chi connectivity index (χ2v) is 7.09. The number of hydrogen-bond donors (Lipinski definition) is 2. The molecule has 25 heavy (non-hydrogen) atoms. The summed E-state index contributed by atoms with van der Waals surface area (Å²) >= 11 is 0. The Morgan fingerprint density at radius 2 is 1.84 bits per heavy atom. The zero-order valence-corrected chi connectivity index (χ0v) is 17.3. The Labute approximate surface area is 164 Å². The molecule has 0 aromatic rings. The third kappa shape index (κ3) is 7.57. The van der Waals surface area contributed by atoms with Crippen molar-refractivity contribution in [2.75, 3.05) is 53.0 Å². The Kier molecular flexibility index (Phi) is 12.3. The number of hydrogen-bond acceptors (Lipinski definition) is 5. The van der Waals surface area contributed by atoms with Crippen molar-refractivity contribution < 1.29 is 14.3 Å². The molecule has 0 bridgehead atoms. The largest absolute Gasteiger partial charge is 0.384 e. The molecule has 1 amide bonds. The highest BCUT2D eigenvalue weighted by molar-refractivity contribution is 5.85. The van der Waals surface area contributed by atoms with E-state index in [1.165, 1.54) is 0 Å². The second kappa shape index (κ2) is 12.3. The summed E-state index contributed by atoms with van der Waals surface area (Å²) < 4.78 is 11.1. The smallest absolute Gasteiger partial charge is 0.228 e. The van der Waals surface area contributed by atoms with Crippen LogP contribution in [0.4, 0.5) is 0 Å². The van der Waals surface area contributed by atoms with Gasteiger partial charge in [-0.05, 0) is 46.2 Å². The van der Waals surface area contributed by atoms with Gasteiger partial charge in [0, 0.05) is 33.3 Å². The fraction of sp³-hybridized carbons (Fsp3) is 0.941. The van der Waals surface area contributed by atoms with Crippen LogP contribution in [0, 0.1) is 5.41 Å². The molecule has 2 aliphatic heterocycles. The third-order valence-corrected chi connectivity index (χ3v) is 4.89. The molecule has 8 heteroatoms. The topological polar surface area (TPSA) is 62.8 Å². The van der Waals surface area contributed by atoms with Gasteiger partial charge in [-0.3, -0.25) is 9.69 Å². The molecule has 2 heterocycles. The Morgan fingerprint density at radius 1 is 1.24 bits per heavy atom. The molecule has 0 saturated carbocycles. The van der Waals surface area contributed by atoms with E-state index in [1.807, 2.05) is 0 Å². The summed E-state index contributed by atoms with van der Waals surface area (Å²) in [6.45, 7) is 10.2. The molecule has 0 aromatic carbocycles. The number of halogens is 2. The van der Waals surface area contributed by atoms with Gasteiger partial charge < -0.3 is 20.1 Å². The molecule has 2 rings (SSSR count). The minimum Gasteiger partial charge on any atom is -0.384 e. The number of carbonyl (C=O) groups is 1. The van der Waals surface area contributed by atoms with E-state index < -0.39 is 0 Å². The molecule has 2 saturated heterocycles. The van der Waals surface area contributed by atoms with Crippen LogP contribution in [0.15, 0.2) is 0 Å². The highest BCUT2D eigenvalue weighted by Gasteiger charge is 2.39. The average molecular weight is 400 g/mol. The van der Waals surface area contributed by atoms with Gasteiger partial charge in [0.25, 0.3) is 0 Å². The van der Waals surface area contributed by atoms with Crippen molar-refractivity contribution in [3.05, 3.63) is 0 Å². The van der Waals surface area contributed by atoms with E-state index in [2.05, 4.69) is 29.4 Å². The number of nitrogens with one attached hydrogen (secondary N) is 2. The van der Waals surface area contributed by atoms with Gasteiger partial charge in [0.15, 0.2) is 0 Å². The maximum absolute atomic E-state index is 12.6. The fourth-order valence-electron chi connectivity index (χ4n) is 3.78. The number of methoxy groups -OCH3 is 1. The highest BCUT2D eigenvalue weighted by Crippen LogP contribution is 2.29. The predicted octanol–water partition coefficient (Wildman–Crippen LogP) is 1.46. The van der Waals surface area contributed by atoms with E-state index in [9.17, 15) is 4.79 Å². The number of amides is 1.